The Morgan fingerprint density at radius 3 is 2.52 bits per heavy atom. The Balaban J connectivity index is 1.47. The Kier molecular flexibility index (Phi) is 6.57. The molecule has 2 heterocycles. The molecule has 0 saturated heterocycles. The maximum Gasteiger partial charge on any atom is 0.234 e. The van der Waals surface area contributed by atoms with E-state index in [1.807, 2.05) is 84.8 Å². The molecule has 0 bridgehead atoms. The van der Waals surface area contributed by atoms with Crippen molar-refractivity contribution < 1.29 is 4.79 Å². The summed E-state index contributed by atoms with van der Waals surface area (Å²) in [4.78, 5) is 12.6. The molecule has 0 spiro atoms. The van der Waals surface area contributed by atoms with Crippen LogP contribution in [-0.4, -0.2) is 26.0 Å². The van der Waals surface area contributed by atoms with Gasteiger partial charge in [-0.05, 0) is 48.7 Å². The summed E-state index contributed by atoms with van der Waals surface area (Å²) in [7, 11) is 0. The summed E-state index contributed by atoms with van der Waals surface area (Å²) in [5.74, 6) is 2.10. The molecule has 1 N–H and O–H groups in total. The summed E-state index contributed by atoms with van der Waals surface area (Å²) in [5.41, 5.74) is 5.30. The summed E-state index contributed by atoms with van der Waals surface area (Å²) < 4.78 is 4.01. The van der Waals surface area contributed by atoms with E-state index >= 15 is 0 Å². The first kappa shape index (κ1) is 21.0. The second-order valence-electron chi connectivity index (χ2n) is 7.33. The first-order valence-electron chi connectivity index (χ1n) is 10.4. The van der Waals surface area contributed by atoms with E-state index in [1.165, 1.54) is 0 Å². The number of aryl methyl sites for hydroxylation is 2. The Morgan fingerprint density at radius 2 is 1.77 bits per heavy atom. The van der Waals surface area contributed by atoms with Crippen LogP contribution in [0, 0.1) is 6.92 Å². The topological polar surface area (TPSA) is 51.9 Å². The normalized spacial score (nSPS) is 10.9. The van der Waals surface area contributed by atoms with Crippen LogP contribution in [-0.2, 0) is 17.0 Å². The van der Waals surface area contributed by atoms with Crippen molar-refractivity contribution in [2.45, 2.75) is 26.0 Å². The van der Waals surface area contributed by atoms with Crippen LogP contribution in [0.3, 0.4) is 0 Å². The predicted octanol–water partition coefficient (Wildman–Crippen LogP) is 5.41. The van der Waals surface area contributed by atoms with E-state index in [2.05, 4.69) is 28.0 Å². The van der Waals surface area contributed by atoms with Crippen LogP contribution in [0.25, 0.3) is 11.5 Å². The predicted molar refractivity (Wildman–Crippen MR) is 128 cm³/mol. The fourth-order valence-corrected chi connectivity index (χ4v) is 4.40. The summed E-state index contributed by atoms with van der Waals surface area (Å²) in [6.07, 6.45) is 6.82. The van der Waals surface area contributed by atoms with Gasteiger partial charge in [0.2, 0.25) is 5.91 Å². The average molecular weight is 431 g/mol. The van der Waals surface area contributed by atoms with Crippen molar-refractivity contribution in [1.82, 2.24) is 14.3 Å². The molecule has 0 aliphatic rings. The van der Waals surface area contributed by atoms with Crippen molar-refractivity contribution in [2.24, 2.45) is 0 Å². The molecule has 4 aromatic rings. The maximum atomic E-state index is 12.6. The van der Waals surface area contributed by atoms with Gasteiger partial charge in [-0.2, -0.15) is 5.10 Å². The van der Waals surface area contributed by atoms with E-state index in [0.717, 1.165) is 40.3 Å². The number of carbonyl (C=O) groups excluding carboxylic acids is 1. The molecule has 0 saturated carbocycles. The van der Waals surface area contributed by atoms with E-state index in [4.69, 9.17) is 0 Å². The van der Waals surface area contributed by atoms with Crippen LogP contribution < -0.4 is 5.32 Å². The standard InChI is InChI=1S/C25H26N4OS/c1-3-20-11-9-10-19(2)24(20)27-23(30)18-31-17-21-16-26-29(22-12-5-4-6-13-22)25(21)28-14-7-8-15-28/h4-16H,3,17-18H2,1-2H3,(H,27,30). The number of nitrogens with one attached hydrogen (secondary N) is 1. The second-order valence-corrected chi connectivity index (χ2v) is 8.32. The van der Waals surface area contributed by atoms with E-state index in [-0.39, 0.29) is 5.91 Å². The number of carbonyl (C=O) groups is 1. The van der Waals surface area contributed by atoms with Crippen LogP contribution in [0.1, 0.15) is 23.6 Å². The number of hydrogen-bond acceptors (Lipinski definition) is 3. The fraction of sp³-hybridized carbons (Fsp3) is 0.200. The number of anilines is 1. The lowest BCUT2D eigenvalue weighted by Gasteiger charge is -2.13. The number of hydrogen-bond donors (Lipinski definition) is 1. The molecule has 2 aromatic carbocycles. The number of rotatable bonds is 8. The number of aromatic nitrogens is 3. The Bertz CT molecular complexity index is 1150. The van der Waals surface area contributed by atoms with Crippen molar-refractivity contribution in [3.63, 3.8) is 0 Å². The number of amides is 1. The molecule has 158 valence electrons. The fourth-order valence-electron chi connectivity index (χ4n) is 3.62. The van der Waals surface area contributed by atoms with Crippen molar-refractivity contribution in [3.8, 4) is 11.5 Å². The lowest BCUT2D eigenvalue weighted by Crippen LogP contribution is -2.16. The van der Waals surface area contributed by atoms with Crippen molar-refractivity contribution >= 4 is 23.4 Å². The van der Waals surface area contributed by atoms with E-state index in [9.17, 15) is 4.79 Å². The monoisotopic (exact) mass is 430 g/mol. The van der Waals surface area contributed by atoms with Gasteiger partial charge in [0.05, 0.1) is 17.6 Å². The number of nitrogens with zero attached hydrogens (tertiary/aromatic N) is 3. The lowest BCUT2D eigenvalue weighted by molar-refractivity contribution is -0.113. The van der Waals surface area contributed by atoms with Crippen LogP contribution in [0.2, 0.25) is 0 Å². The Hall–Kier alpha value is -3.25. The van der Waals surface area contributed by atoms with Gasteiger partial charge < -0.3 is 9.88 Å². The number of para-hydroxylation sites is 2. The molecule has 0 unspecified atom stereocenters. The minimum Gasteiger partial charge on any atom is -0.325 e. The van der Waals surface area contributed by atoms with Gasteiger partial charge >= 0.3 is 0 Å². The van der Waals surface area contributed by atoms with Crippen molar-refractivity contribution in [1.29, 1.82) is 0 Å². The van der Waals surface area contributed by atoms with Gasteiger partial charge in [0.25, 0.3) is 0 Å². The van der Waals surface area contributed by atoms with Crippen LogP contribution in [0.5, 0.6) is 0 Å². The third kappa shape index (κ3) is 4.75. The molecular formula is C25H26N4OS. The number of benzene rings is 2. The molecule has 0 fully saturated rings. The molecular weight excluding hydrogens is 404 g/mol. The zero-order chi connectivity index (χ0) is 21.6. The third-order valence-electron chi connectivity index (χ3n) is 5.16. The highest BCUT2D eigenvalue weighted by molar-refractivity contribution is 7.99. The summed E-state index contributed by atoms with van der Waals surface area (Å²) >= 11 is 1.59. The quantitative estimate of drug-likeness (QED) is 0.407. The van der Waals surface area contributed by atoms with E-state index in [1.54, 1.807) is 11.8 Å². The number of thioether (sulfide) groups is 1. The molecule has 0 radical (unpaired) electrons. The average Bonchev–Trinajstić information content (AvgIpc) is 3.45. The van der Waals surface area contributed by atoms with Gasteiger partial charge in [-0.25, -0.2) is 4.68 Å². The zero-order valence-electron chi connectivity index (χ0n) is 17.8. The summed E-state index contributed by atoms with van der Waals surface area (Å²) in [6.45, 7) is 4.13. The van der Waals surface area contributed by atoms with Crippen molar-refractivity contribution in [2.75, 3.05) is 11.1 Å². The molecule has 5 nitrogen and oxygen atoms in total. The maximum absolute atomic E-state index is 12.6. The highest BCUT2D eigenvalue weighted by atomic mass is 32.2. The van der Waals surface area contributed by atoms with Gasteiger partial charge in [0, 0.05) is 29.4 Å². The largest absolute Gasteiger partial charge is 0.325 e. The molecule has 4 rings (SSSR count). The molecule has 0 aliphatic heterocycles. The first-order chi connectivity index (χ1) is 15.2. The van der Waals surface area contributed by atoms with Crippen LogP contribution in [0.4, 0.5) is 5.69 Å². The van der Waals surface area contributed by atoms with Gasteiger partial charge in [0.1, 0.15) is 5.82 Å². The minimum absolute atomic E-state index is 0.0203. The van der Waals surface area contributed by atoms with Gasteiger partial charge in [-0.1, -0.05) is 43.3 Å². The molecule has 1 amide bonds. The van der Waals surface area contributed by atoms with Gasteiger partial charge in [0.15, 0.2) is 0 Å². The SMILES string of the molecule is CCc1cccc(C)c1NC(=O)CSCc1cnn(-c2ccccc2)c1-n1cccc1. The molecule has 6 heteroatoms. The zero-order valence-corrected chi connectivity index (χ0v) is 18.6. The third-order valence-corrected chi connectivity index (χ3v) is 6.14. The minimum atomic E-state index is 0.0203. The van der Waals surface area contributed by atoms with Crippen LogP contribution in [0.15, 0.2) is 79.3 Å². The highest BCUT2D eigenvalue weighted by Crippen LogP contribution is 2.25. The van der Waals surface area contributed by atoms with E-state index in [0.29, 0.717) is 11.5 Å². The highest BCUT2D eigenvalue weighted by Gasteiger charge is 2.15. The second kappa shape index (κ2) is 9.71. The molecule has 0 aliphatic carbocycles. The Morgan fingerprint density at radius 1 is 1.00 bits per heavy atom. The van der Waals surface area contributed by atoms with Gasteiger partial charge in [-0.3, -0.25) is 4.79 Å². The molecule has 31 heavy (non-hydrogen) atoms. The lowest BCUT2D eigenvalue weighted by atomic mass is 10.1. The molecule has 0 atom stereocenters. The summed E-state index contributed by atoms with van der Waals surface area (Å²) in [5, 5.41) is 7.73. The van der Waals surface area contributed by atoms with Crippen molar-refractivity contribution in [3.05, 3.63) is 95.9 Å². The van der Waals surface area contributed by atoms with Crippen LogP contribution >= 0.6 is 11.8 Å². The molecule has 2 aromatic heterocycles. The Labute approximate surface area is 187 Å². The van der Waals surface area contributed by atoms with E-state index < -0.39 is 0 Å². The summed E-state index contributed by atoms with van der Waals surface area (Å²) in [6, 6.07) is 20.2. The van der Waals surface area contributed by atoms with Gasteiger partial charge in [-0.15, -0.1) is 11.8 Å². The first-order valence-corrected chi connectivity index (χ1v) is 11.5. The smallest absolute Gasteiger partial charge is 0.234 e.